The lowest BCUT2D eigenvalue weighted by Gasteiger charge is -2.09. The number of nitrogen functional groups attached to an aromatic ring is 1. The number of anilines is 3. The van der Waals surface area contributed by atoms with E-state index in [4.69, 9.17) is 5.73 Å². The average Bonchev–Trinajstić information content (AvgIpc) is 2.30. The van der Waals surface area contributed by atoms with Crippen molar-refractivity contribution in [1.29, 1.82) is 0 Å². The fourth-order valence-corrected chi connectivity index (χ4v) is 1.43. The molecule has 0 spiro atoms. The smallest absolute Gasteiger partial charge is 0.169 e. The van der Waals surface area contributed by atoms with Crippen LogP contribution in [0.1, 0.15) is 5.56 Å². The van der Waals surface area contributed by atoms with Gasteiger partial charge >= 0.3 is 0 Å². The van der Waals surface area contributed by atoms with E-state index in [2.05, 4.69) is 10.3 Å². The van der Waals surface area contributed by atoms with Gasteiger partial charge in [-0.1, -0.05) is 6.07 Å². The highest BCUT2D eigenvalue weighted by Crippen LogP contribution is 2.23. The SMILES string of the molecule is Cc1ccc(F)c(Nc2nc(N)c(F)cc2F)c1. The standard InChI is InChI=1S/C12H10F3N3/c1-6-2-3-7(13)10(4-6)17-12-9(15)5-8(14)11(16)18-12/h2-5H,1H3,(H3,16,17,18). The number of benzene rings is 1. The molecule has 0 saturated carbocycles. The molecule has 0 atom stereocenters. The molecule has 0 aliphatic heterocycles. The minimum absolute atomic E-state index is 0.0485. The van der Waals surface area contributed by atoms with Gasteiger partial charge in [-0.2, -0.15) is 0 Å². The van der Waals surface area contributed by atoms with E-state index in [0.29, 0.717) is 6.07 Å². The van der Waals surface area contributed by atoms with Gasteiger partial charge in [0.2, 0.25) is 0 Å². The zero-order valence-electron chi connectivity index (χ0n) is 9.47. The molecule has 0 aliphatic carbocycles. The summed E-state index contributed by atoms with van der Waals surface area (Å²) in [6, 6.07) is 4.89. The number of hydrogen-bond acceptors (Lipinski definition) is 3. The van der Waals surface area contributed by atoms with E-state index in [1.807, 2.05) is 0 Å². The van der Waals surface area contributed by atoms with Gasteiger partial charge in [0.25, 0.3) is 0 Å². The van der Waals surface area contributed by atoms with Crippen molar-refractivity contribution in [3.63, 3.8) is 0 Å². The third-order valence-corrected chi connectivity index (χ3v) is 2.33. The molecule has 1 aromatic carbocycles. The molecule has 0 unspecified atom stereocenters. The molecular weight excluding hydrogens is 243 g/mol. The first-order chi connectivity index (χ1) is 8.47. The van der Waals surface area contributed by atoms with Gasteiger partial charge in [0.15, 0.2) is 23.3 Å². The van der Waals surface area contributed by atoms with Gasteiger partial charge in [-0.3, -0.25) is 0 Å². The Hall–Kier alpha value is -2.24. The van der Waals surface area contributed by atoms with Crippen molar-refractivity contribution in [3.8, 4) is 0 Å². The molecule has 94 valence electrons. The lowest BCUT2D eigenvalue weighted by Crippen LogP contribution is -2.04. The zero-order chi connectivity index (χ0) is 13.3. The minimum atomic E-state index is -0.956. The van der Waals surface area contributed by atoms with Crippen molar-refractivity contribution in [2.24, 2.45) is 0 Å². The van der Waals surface area contributed by atoms with Crippen LogP contribution in [0, 0.1) is 24.4 Å². The van der Waals surface area contributed by atoms with Crippen LogP contribution in [-0.4, -0.2) is 4.98 Å². The number of pyridine rings is 1. The van der Waals surface area contributed by atoms with E-state index in [0.717, 1.165) is 5.56 Å². The zero-order valence-corrected chi connectivity index (χ0v) is 9.47. The van der Waals surface area contributed by atoms with Crippen LogP contribution in [0.15, 0.2) is 24.3 Å². The van der Waals surface area contributed by atoms with Crippen LogP contribution < -0.4 is 11.1 Å². The van der Waals surface area contributed by atoms with E-state index >= 15 is 0 Å². The summed E-state index contributed by atoms with van der Waals surface area (Å²) in [5.41, 5.74) is 6.06. The summed E-state index contributed by atoms with van der Waals surface area (Å²) in [5.74, 6) is -3.24. The van der Waals surface area contributed by atoms with Gasteiger partial charge in [0.1, 0.15) is 5.82 Å². The number of hydrogen-bond donors (Lipinski definition) is 2. The maximum absolute atomic E-state index is 13.4. The van der Waals surface area contributed by atoms with Crippen LogP contribution in [0.2, 0.25) is 0 Å². The highest BCUT2D eigenvalue weighted by molar-refractivity contribution is 5.59. The van der Waals surface area contributed by atoms with Crippen LogP contribution in [0.5, 0.6) is 0 Å². The predicted molar refractivity (Wildman–Crippen MR) is 63.0 cm³/mol. The summed E-state index contributed by atoms with van der Waals surface area (Å²) >= 11 is 0. The maximum Gasteiger partial charge on any atom is 0.169 e. The number of aryl methyl sites for hydroxylation is 1. The molecular formula is C12H10F3N3. The summed E-state index contributed by atoms with van der Waals surface area (Å²) in [7, 11) is 0. The van der Waals surface area contributed by atoms with Gasteiger partial charge in [0, 0.05) is 6.07 Å². The lowest BCUT2D eigenvalue weighted by molar-refractivity contribution is 0.580. The van der Waals surface area contributed by atoms with Crippen LogP contribution in [0.25, 0.3) is 0 Å². The molecule has 3 nitrogen and oxygen atoms in total. The Morgan fingerprint density at radius 1 is 1.06 bits per heavy atom. The van der Waals surface area contributed by atoms with Crippen molar-refractivity contribution in [2.45, 2.75) is 6.92 Å². The van der Waals surface area contributed by atoms with Crippen LogP contribution >= 0.6 is 0 Å². The molecule has 1 heterocycles. The largest absolute Gasteiger partial charge is 0.381 e. The Labute approximate surface area is 101 Å². The van der Waals surface area contributed by atoms with Crippen molar-refractivity contribution in [3.05, 3.63) is 47.3 Å². The maximum atomic E-state index is 13.4. The third-order valence-electron chi connectivity index (χ3n) is 2.33. The van der Waals surface area contributed by atoms with Gasteiger partial charge in [-0.05, 0) is 24.6 Å². The number of nitrogens with two attached hydrogens (primary N) is 1. The minimum Gasteiger partial charge on any atom is -0.381 e. The number of halogens is 3. The lowest BCUT2D eigenvalue weighted by atomic mass is 10.2. The number of nitrogens with zero attached hydrogens (tertiary/aromatic N) is 1. The Bertz CT molecular complexity index is 599. The quantitative estimate of drug-likeness (QED) is 0.864. The molecule has 0 saturated heterocycles. The number of nitrogens with one attached hydrogen (secondary N) is 1. The molecule has 3 N–H and O–H groups in total. The van der Waals surface area contributed by atoms with Gasteiger partial charge < -0.3 is 11.1 Å². The normalized spacial score (nSPS) is 10.4. The molecule has 6 heteroatoms. The van der Waals surface area contributed by atoms with Crippen LogP contribution in [0.4, 0.5) is 30.5 Å². The van der Waals surface area contributed by atoms with E-state index in [1.165, 1.54) is 12.1 Å². The molecule has 0 amide bonds. The Kier molecular flexibility index (Phi) is 3.10. The first-order valence-electron chi connectivity index (χ1n) is 5.12. The molecule has 0 radical (unpaired) electrons. The predicted octanol–water partition coefficient (Wildman–Crippen LogP) is 3.13. The molecule has 0 bridgehead atoms. The molecule has 2 aromatic rings. The van der Waals surface area contributed by atoms with Crippen LogP contribution in [-0.2, 0) is 0 Å². The Morgan fingerprint density at radius 3 is 2.50 bits per heavy atom. The summed E-state index contributed by atoms with van der Waals surface area (Å²) in [6.07, 6.45) is 0. The van der Waals surface area contributed by atoms with E-state index in [-0.39, 0.29) is 11.5 Å². The summed E-state index contributed by atoms with van der Waals surface area (Å²) in [6.45, 7) is 1.76. The fraction of sp³-hybridized carbons (Fsp3) is 0.0833. The highest BCUT2D eigenvalue weighted by atomic mass is 19.1. The molecule has 0 fully saturated rings. The van der Waals surface area contributed by atoms with Crippen molar-refractivity contribution < 1.29 is 13.2 Å². The molecule has 0 aliphatic rings. The highest BCUT2D eigenvalue weighted by Gasteiger charge is 2.11. The second-order valence-corrected chi connectivity index (χ2v) is 3.79. The molecule has 2 rings (SSSR count). The first kappa shape index (κ1) is 12.2. The van der Waals surface area contributed by atoms with E-state index in [9.17, 15) is 13.2 Å². The fourth-order valence-electron chi connectivity index (χ4n) is 1.43. The van der Waals surface area contributed by atoms with Crippen molar-refractivity contribution >= 4 is 17.3 Å². The first-order valence-corrected chi connectivity index (χ1v) is 5.12. The Balaban J connectivity index is 2.40. The third kappa shape index (κ3) is 2.37. The summed E-state index contributed by atoms with van der Waals surface area (Å²) < 4.78 is 39.8. The van der Waals surface area contributed by atoms with E-state index < -0.39 is 23.3 Å². The Morgan fingerprint density at radius 2 is 1.78 bits per heavy atom. The second kappa shape index (κ2) is 4.56. The topological polar surface area (TPSA) is 50.9 Å². The van der Waals surface area contributed by atoms with Crippen molar-refractivity contribution in [2.75, 3.05) is 11.1 Å². The van der Waals surface area contributed by atoms with Crippen LogP contribution in [0.3, 0.4) is 0 Å². The van der Waals surface area contributed by atoms with Crippen molar-refractivity contribution in [1.82, 2.24) is 4.98 Å². The number of rotatable bonds is 2. The monoisotopic (exact) mass is 253 g/mol. The van der Waals surface area contributed by atoms with Gasteiger partial charge in [-0.15, -0.1) is 0 Å². The summed E-state index contributed by atoms with van der Waals surface area (Å²) in [4.78, 5) is 3.49. The average molecular weight is 253 g/mol. The molecule has 18 heavy (non-hydrogen) atoms. The molecule has 1 aromatic heterocycles. The van der Waals surface area contributed by atoms with Gasteiger partial charge in [-0.25, -0.2) is 18.2 Å². The van der Waals surface area contributed by atoms with E-state index in [1.54, 1.807) is 13.0 Å². The second-order valence-electron chi connectivity index (χ2n) is 3.79. The number of aromatic nitrogens is 1. The summed E-state index contributed by atoms with van der Waals surface area (Å²) in [5, 5.41) is 2.44. The van der Waals surface area contributed by atoms with Gasteiger partial charge in [0.05, 0.1) is 5.69 Å².